The summed E-state index contributed by atoms with van der Waals surface area (Å²) in [4.78, 5) is 33.5. The number of pyridine rings is 1. The monoisotopic (exact) mass is 400 g/mol. The van der Waals surface area contributed by atoms with Crippen LogP contribution in [0.25, 0.3) is 11.0 Å². The quantitative estimate of drug-likeness (QED) is 0.405. The fourth-order valence-electron chi connectivity index (χ4n) is 2.78. The molecule has 9 nitrogen and oxygen atoms in total. The van der Waals surface area contributed by atoms with Gasteiger partial charge >= 0.3 is 0 Å². The minimum Gasteiger partial charge on any atom is -0.368 e. The average Bonchev–Trinajstić information content (AvgIpc) is 2.76. The highest BCUT2D eigenvalue weighted by molar-refractivity contribution is 5.93. The smallest absolute Gasteiger partial charge is 0.271 e. The van der Waals surface area contributed by atoms with E-state index < -0.39 is 0 Å². The Morgan fingerprint density at radius 1 is 0.900 bits per heavy atom. The van der Waals surface area contributed by atoms with Gasteiger partial charge in [-0.1, -0.05) is 12.1 Å². The van der Waals surface area contributed by atoms with Gasteiger partial charge in [-0.25, -0.2) is 19.9 Å². The van der Waals surface area contributed by atoms with E-state index in [1.165, 1.54) is 12.5 Å². The van der Waals surface area contributed by atoms with Crippen LogP contribution in [0.4, 0.5) is 17.5 Å². The van der Waals surface area contributed by atoms with Gasteiger partial charge in [0.2, 0.25) is 0 Å². The summed E-state index contributed by atoms with van der Waals surface area (Å²) in [6.45, 7) is 2.89. The average molecular weight is 400 g/mol. The molecular formula is C21H20N8O. The van der Waals surface area contributed by atoms with E-state index in [0.29, 0.717) is 36.1 Å². The first-order valence-electron chi connectivity index (χ1n) is 9.43. The lowest BCUT2D eigenvalue weighted by molar-refractivity contribution is 0.0950. The molecule has 30 heavy (non-hydrogen) atoms. The van der Waals surface area contributed by atoms with Gasteiger partial charge in [0, 0.05) is 25.4 Å². The van der Waals surface area contributed by atoms with Crippen molar-refractivity contribution in [3.63, 3.8) is 0 Å². The first kappa shape index (κ1) is 19.2. The number of nitrogens with one attached hydrogen (secondary N) is 3. The van der Waals surface area contributed by atoms with Crippen molar-refractivity contribution < 1.29 is 4.79 Å². The number of hydrogen-bond acceptors (Lipinski definition) is 8. The number of anilines is 3. The maximum Gasteiger partial charge on any atom is 0.271 e. The molecule has 0 saturated carbocycles. The second-order valence-electron chi connectivity index (χ2n) is 6.56. The van der Waals surface area contributed by atoms with Crippen LogP contribution in [0.2, 0.25) is 0 Å². The summed E-state index contributed by atoms with van der Waals surface area (Å²) < 4.78 is 0. The second kappa shape index (κ2) is 8.91. The summed E-state index contributed by atoms with van der Waals surface area (Å²) >= 11 is 0. The summed E-state index contributed by atoms with van der Waals surface area (Å²) in [5.74, 6) is 1.70. The number of aryl methyl sites for hydroxylation is 1. The summed E-state index contributed by atoms with van der Waals surface area (Å²) in [5.41, 5.74) is 2.83. The molecule has 0 atom stereocenters. The summed E-state index contributed by atoms with van der Waals surface area (Å²) in [6.07, 6.45) is 4.68. The first-order chi connectivity index (χ1) is 14.7. The fraction of sp³-hybridized carbons (Fsp3) is 0.143. The van der Waals surface area contributed by atoms with Crippen molar-refractivity contribution in [3.05, 3.63) is 72.4 Å². The molecule has 0 bridgehead atoms. The fourth-order valence-corrected chi connectivity index (χ4v) is 2.78. The zero-order chi connectivity index (χ0) is 20.8. The highest BCUT2D eigenvalue weighted by Gasteiger charge is 2.08. The molecule has 0 spiro atoms. The van der Waals surface area contributed by atoms with E-state index in [1.54, 1.807) is 12.3 Å². The van der Waals surface area contributed by atoms with Gasteiger partial charge in [-0.3, -0.25) is 9.78 Å². The van der Waals surface area contributed by atoms with Crippen LogP contribution in [-0.4, -0.2) is 43.9 Å². The molecule has 0 unspecified atom stereocenters. The Morgan fingerprint density at radius 3 is 2.57 bits per heavy atom. The van der Waals surface area contributed by atoms with Crippen LogP contribution >= 0.6 is 0 Å². The van der Waals surface area contributed by atoms with Gasteiger partial charge in [-0.2, -0.15) is 0 Å². The van der Waals surface area contributed by atoms with Crippen LogP contribution in [0.1, 0.15) is 16.1 Å². The predicted molar refractivity (Wildman–Crippen MR) is 115 cm³/mol. The Morgan fingerprint density at radius 2 is 1.70 bits per heavy atom. The van der Waals surface area contributed by atoms with E-state index in [-0.39, 0.29) is 11.6 Å². The molecule has 3 heterocycles. The number of hydrogen-bond donors (Lipinski definition) is 3. The minimum absolute atomic E-state index is 0.273. The SMILES string of the molecule is Cc1ccnc(Nc2cc(NCCNC(=O)c3cnc4ccccc4n3)ncn2)c1. The van der Waals surface area contributed by atoms with Gasteiger partial charge in [-0.15, -0.1) is 0 Å². The molecule has 4 rings (SSSR count). The minimum atomic E-state index is -0.273. The van der Waals surface area contributed by atoms with Gasteiger partial charge in [-0.05, 0) is 36.8 Å². The maximum absolute atomic E-state index is 12.3. The van der Waals surface area contributed by atoms with Gasteiger partial charge in [0.15, 0.2) is 0 Å². The van der Waals surface area contributed by atoms with Crippen molar-refractivity contribution in [1.29, 1.82) is 0 Å². The molecular weight excluding hydrogens is 380 g/mol. The summed E-state index contributed by atoms with van der Waals surface area (Å²) in [7, 11) is 0. The van der Waals surface area contributed by atoms with Crippen molar-refractivity contribution in [2.75, 3.05) is 23.7 Å². The zero-order valence-corrected chi connectivity index (χ0v) is 16.3. The van der Waals surface area contributed by atoms with Gasteiger partial charge in [0.25, 0.3) is 5.91 Å². The van der Waals surface area contributed by atoms with Crippen LogP contribution in [0.3, 0.4) is 0 Å². The van der Waals surface area contributed by atoms with E-state index in [0.717, 1.165) is 11.1 Å². The van der Waals surface area contributed by atoms with Gasteiger partial charge in [0.1, 0.15) is 29.5 Å². The van der Waals surface area contributed by atoms with Crippen LogP contribution in [-0.2, 0) is 0 Å². The number of fused-ring (bicyclic) bond motifs is 1. The molecule has 1 amide bonds. The normalized spacial score (nSPS) is 10.6. The molecule has 0 radical (unpaired) electrons. The number of nitrogens with zero attached hydrogens (tertiary/aromatic N) is 5. The van der Waals surface area contributed by atoms with Crippen molar-refractivity contribution in [2.24, 2.45) is 0 Å². The summed E-state index contributed by atoms with van der Waals surface area (Å²) in [5, 5.41) is 9.12. The Kier molecular flexibility index (Phi) is 5.70. The number of carbonyl (C=O) groups excluding carboxylic acids is 1. The molecule has 0 fully saturated rings. The molecule has 0 aliphatic rings. The molecule has 0 aliphatic carbocycles. The van der Waals surface area contributed by atoms with Crippen LogP contribution in [0.15, 0.2) is 61.2 Å². The number of carbonyl (C=O) groups is 1. The van der Waals surface area contributed by atoms with Crippen LogP contribution < -0.4 is 16.0 Å². The third-order valence-corrected chi connectivity index (χ3v) is 4.24. The Labute approximate surface area is 173 Å². The number of para-hydroxylation sites is 2. The highest BCUT2D eigenvalue weighted by atomic mass is 16.1. The highest BCUT2D eigenvalue weighted by Crippen LogP contribution is 2.15. The second-order valence-corrected chi connectivity index (χ2v) is 6.56. The lowest BCUT2D eigenvalue weighted by Gasteiger charge is -2.09. The van der Waals surface area contributed by atoms with Gasteiger partial charge < -0.3 is 16.0 Å². The van der Waals surface area contributed by atoms with Crippen molar-refractivity contribution in [1.82, 2.24) is 30.2 Å². The van der Waals surface area contributed by atoms with E-state index in [2.05, 4.69) is 40.9 Å². The van der Waals surface area contributed by atoms with Crippen molar-refractivity contribution in [2.45, 2.75) is 6.92 Å². The molecule has 3 N–H and O–H groups in total. The molecule has 0 saturated heterocycles. The maximum atomic E-state index is 12.3. The molecule has 0 aliphatic heterocycles. The number of amides is 1. The lowest BCUT2D eigenvalue weighted by Crippen LogP contribution is -2.29. The van der Waals surface area contributed by atoms with E-state index in [4.69, 9.17) is 0 Å². The van der Waals surface area contributed by atoms with E-state index in [1.807, 2.05) is 43.3 Å². The number of aromatic nitrogens is 5. The molecule has 9 heteroatoms. The van der Waals surface area contributed by atoms with Crippen molar-refractivity contribution >= 4 is 34.4 Å². The summed E-state index contributed by atoms with van der Waals surface area (Å²) in [6, 6.07) is 13.1. The predicted octanol–water partition coefficient (Wildman–Crippen LogP) is 2.71. The third kappa shape index (κ3) is 4.82. The van der Waals surface area contributed by atoms with Crippen LogP contribution in [0.5, 0.6) is 0 Å². The largest absolute Gasteiger partial charge is 0.368 e. The van der Waals surface area contributed by atoms with Gasteiger partial charge in [0.05, 0.1) is 17.2 Å². The Hall–Kier alpha value is -4.14. The Bertz CT molecular complexity index is 1180. The molecule has 3 aromatic heterocycles. The van der Waals surface area contributed by atoms with E-state index in [9.17, 15) is 4.79 Å². The lowest BCUT2D eigenvalue weighted by atomic mass is 10.3. The number of rotatable bonds is 7. The molecule has 150 valence electrons. The first-order valence-corrected chi connectivity index (χ1v) is 9.43. The third-order valence-electron chi connectivity index (χ3n) is 4.24. The van der Waals surface area contributed by atoms with E-state index >= 15 is 0 Å². The van der Waals surface area contributed by atoms with Crippen molar-refractivity contribution in [3.8, 4) is 0 Å². The van der Waals surface area contributed by atoms with Crippen LogP contribution in [0, 0.1) is 6.92 Å². The topological polar surface area (TPSA) is 118 Å². The standard InChI is InChI=1S/C21H20N8O/c1-14-6-7-22-19(10-14)29-20-11-18(26-13-27-20)23-8-9-24-21(30)17-12-25-15-4-2-3-5-16(15)28-17/h2-7,10-13H,8-9H2,1H3,(H,24,30)(H2,22,23,26,27,29). The Balaban J connectivity index is 1.29. The molecule has 1 aromatic carbocycles. The number of benzene rings is 1. The zero-order valence-electron chi connectivity index (χ0n) is 16.3. The molecule has 4 aromatic rings.